The van der Waals surface area contributed by atoms with Crippen molar-refractivity contribution >= 4 is 40.8 Å². The Morgan fingerprint density at radius 1 is 1.10 bits per heavy atom. The molecule has 0 aromatic heterocycles. The first-order chi connectivity index (χ1) is 18.8. The summed E-state index contributed by atoms with van der Waals surface area (Å²) in [7, 11) is 0. The highest BCUT2D eigenvalue weighted by Crippen LogP contribution is 2.30. The van der Waals surface area contributed by atoms with Crippen molar-refractivity contribution in [1.82, 2.24) is 4.90 Å². The number of aliphatic hydroxyl groups is 2. The minimum Gasteiger partial charge on any atom is -0.468 e. The van der Waals surface area contributed by atoms with E-state index < -0.39 is 24.6 Å². The van der Waals surface area contributed by atoms with E-state index in [0.29, 0.717) is 30.4 Å². The number of para-hydroxylation sites is 1. The van der Waals surface area contributed by atoms with E-state index in [1.54, 1.807) is 12.1 Å². The summed E-state index contributed by atoms with van der Waals surface area (Å²) in [5.41, 5.74) is 2.95. The van der Waals surface area contributed by atoms with E-state index in [9.17, 15) is 19.1 Å². The van der Waals surface area contributed by atoms with Crippen molar-refractivity contribution in [3.8, 4) is 0 Å². The number of esters is 1. The fourth-order valence-corrected chi connectivity index (χ4v) is 5.13. The quantitative estimate of drug-likeness (QED) is 0.283. The number of aliphatic hydroxyl groups excluding tert-OH is 2. The number of carbonyl (C=O) groups is 2. The maximum absolute atomic E-state index is 13.8. The lowest BCUT2D eigenvalue weighted by Crippen LogP contribution is -2.38. The Bertz CT molecular complexity index is 1170. The second-order valence-corrected chi connectivity index (χ2v) is 10.3. The number of hydrogen-bond donors (Lipinski definition) is 4. The van der Waals surface area contributed by atoms with Gasteiger partial charge in [0.05, 0.1) is 12.3 Å². The highest BCUT2D eigenvalue weighted by atomic mass is 32.1. The highest BCUT2D eigenvalue weighted by molar-refractivity contribution is 7.80. The number of carbonyl (C=O) groups excluding carboxylic acids is 2. The van der Waals surface area contributed by atoms with Crippen molar-refractivity contribution in [2.75, 3.05) is 30.4 Å². The van der Waals surface area contributed by atoms with Gasteiger partial charge in [0.25, 0.3) is 5.17 Å². The fraction of sp³-hybridized carbons (Fsp3) is 0.464. The molecule has 1 heterocycles. The second-order valence-electron chi connectivity index (χ2n) is 9.96. The molecule has 1 fully saturated rings. The summed E-state index contributed by atoms with van der Waals surface area (Å²) >= 11 is 5.60. The van der Waals surface area contributed by atoms with Gasteiger partial charge in [0.2, 0.25) is 0 Å². The van der Waals surface area contributed by atoms with Crippen LogP contribution in [0.4, 0.5) is 20.6 Å². The molecule has 0 saturated heterocycles. The summed E-state index contributed by atoms with van der Waals surface area (Å²) in [4.78, 5) is 26.3. The number of fused-ring (bicyclic) bond motifs is 1. The lowest BCUT2D eigenvalue weighted by Gasteiger charge is -2.34. The topological polar surface area (TPSA) is 120 Å². The number of nitrogens with one attached hydrogen (secondary N) is 2. The molecule has 1 saturated carbocycles. The van der Waals surface area contributed by atoms with Crippen LogP contribution < -0.4 is 10.6 Å². The minimum absolute atomic E-state index is 0.00178. The Labute approximate surface area is 232 Å². The zero-order chi connectivity index (χ0) is 27.8. The molecule has 4 rings (SSSR count). The Kier molecular flexibility index (Phi) is 10.1. The summed E-state index contributed by atoms with van der Waals surface area (Å²) in [5.74, 6) is -0.657. The predicted octanol–water partition coefficient (Wildman–Crippen LogP) is 3.97. The number of amides is 2. The van der Waals surface area contributed by atoms with Crippen LogP contribution in [0.25, 0.3) is 0 Å². The SMILES string of the molecule is O=C(Nc1ccc2c(c1)CCN(C(=S)O[C@H]1CC[C@H](CC(=O)OC[C@@H](O)CO)CC1)C2)Nc1ccccc1F. The van der Waals surface area contributed by atoms with Crippen LogP contribution in [0.3, 0.4) is 0 Å². The third kappa shape index (κ3) is 8.35. The molecule has 2 aliphatic rings. The van der Waals surface area contributed by atoms with Gasteiger partial charge in [-0.15, -0.1) is 0 Å². The maximum Gasteiger partial charge on any atom is 0.323 e. The van der Waals surface area contributed by atoms with Gasteiger partial charge in [-0.2, -0.15) is 0 Å². The molecule has 39 heavy (non-hydrogen) atoms. The van der Waals surface area contributed by atoms with E-state index in [1.165, 1.54) is 12.1 Å². The molecule has 2 amide bonds. The lowest BCUT2D eigenvalue weighted by molar-refractivity contribution is -0.148. The molecule has 1 atom stereocenters. The summed E-state index contributed by atoms with van der Waals surface area (Å²) in [6.07, 6.45) is 3.24. The van der Waals surface area contributed by atoms with Crippen LogP contribution in [-0.2, 0) is 27.2 Å². The van der Waals surface area contributed by atoms with E-state index >= 15 is 0 Å². The van der Waals surface area contributed by atoms with Crippen molar-refractivity contribution in [2.45, 2.75) is 57.3 Å². The van der Waals surface area contributed by atoms with Crippen LogP contribution in [0, 0.1) is 11.7 Å². The van der Waals surface area contributed by atoms with Gasteiger partial charge in [0.15, 0.2) is 0 Å². The number of halogens is 1. The normalized spacial score (nSPS) is 19.4. The number of urea groups is 1. The van der Waals surface area contributed by atoms with Crippen LogP contribution in [0.1, 0.15) is 43.2 Å². The zero-order valence-corrected chi connectivity index (χ0v) is 22.4. The molecule has 1 aliphatic carbocycles. The Balaban J connectivity index is 1.20. The van der Waals surface area contributed by atoms with E-state index in [1.807, 2.05) is 23.1 Å². The number of nitrogens with zero attached hydrogens (tertiary/aromatic N) is 1. The van der Waals surface area contributed by atoms with Crippen molar-refractivity contribution < 1.29 is 33.7 Å². The number of hydrogen-bond acceptors (Lipinski definition) is 7. The van der Waals surface area contributed by atoms with Gasteiger partial charge in [0, 0.05) is 25.2 Å². The first-order valence-electron chi connectivity index (χ1n) is 13.1. The molecule has 0 spiro atoms. The van der Waals surface area contributed by atoms with Crippen LogP contribution in [0.15, 0.2) is 42.5 Å². The molecule has 210 valence electrons. The second kappa shape index (κ2) is 13.7. The van der Waals surface area contributed by atoms with Gasteiger partial charge in [-0.3, -0.25) is 4.79 Å². The number of rotatable bonds is 8. The molecule has 0 unspecified atom stereocenters. The smallest absolute Gasteiger partial charge is 0.323 e. The molecule has 0 radical (unpaired) electrons. The number of benzene rings is 2. The van der Waals surface area contributed by atoms with E-state index in [2.05, 4.69) is 10.6 Å². The standard InChI is InChI=1S/C28H34FN3O6S/c29-24-3-1-2-4-25(24)31-27(36)30-21-8-7-20-15-32(12-11-19(20)14-21)28(39)38-23-9-5-18(6-10-23)13-26(35)37-17-22(34)16-33/h1-4,7-8,14,18,22-23,33-34H,5-6,9-13,15-17H2,(H2,30,31,36)/t18-,22-,23-/m0/s1. The summed E-state index contributed by atoms with van der Waals surface area (Å²) in [6, 6.07) is 11.2. The average molecular weight is 560 g/mol. The number of ether oxygens (including phenoxy) is 2. The molecule has 9 nitrogen and oxygen atoms in total. The van der Waals surface area contributed by atoms with Gasteiger partial charge >= 0.3 is 12.0 Å². The summed E-state index contributed by atoms with van der Waals surface area (Å²) < 4.78 is 24.9. The van der Waals surface area contributed by atoms with E-state index in [-0.39, 0.29) is 30.3 Å². The summed E-state index contributed by atoms with van der Waals surface area (Å²) in [6.45, 7) is 0.672. The third-order valence-corrected chi connectivity index (χ3v) is 7.38. The van der Waals surface area contributed by atoms with Gasteiger partial charge in [-0.1, -0.05) is 18.2 Å². The molecule has 4 N–H and O–H groups in total. The molecular weight excluding hydrogens is 525 g/mol. The molecule has 1 aliphatic heterocycles. The van der Waals surface area contributed by atoms with E-state index in [4.69, 9.17) is 26.8 Å². The van der Waals surface area contributed by atoms with Gasteiger partial charge in [0.1, 0.15) is 24.6 Å². The average Bonchev–Trinajstić information content (AvgIpc) is 2.93. The molecular formula is C28H34FN3O6S. The van der Waals surface area contributed by atoms with Crippen molar-refractivity contribution in [2.24, 2.45) is 5.92 Å². The fourth-order valence-electron chi connectivity index (χ4n) is 4.84. The minimum atomic E-state index is -1.04. The Morgan fingerprint density at radius 2 is 1.87 bits per heavy atom. The van der Waals surface area contributed by atoms with Crippen molar-refractivity contribution in [1.29, 1.82) is 0 Å². The number of thiocarbonyl (C=S) groups is 1. The maximum atomic E-state index is 13.8. The lowest BCUT2D eigenvalue weighted by atomic mass is 9.85. The molecule has 11 heteroatoms. The summed E-state index contributed by atoms with van der Waals surface area (Å²) in [5, 5.41) is 23.8. The van der Waals surface area contributed by atoms with Crippen molar-refractivity contribution in [3.63, 3.8) is 0 Å². The first-order valence-corrected chi connectivity index (χ1v) is 13.6. The molecule has 2 aromatic carbocycles. The molecule has 0 bridgehead atoms. The first kappa shape index (κ1) is 28.7. The van der Waals surface area contributed by atoms with Gasteiger partial charge in [-0.25, -0.2) is 9.18 Å². The Morgan fingerprint density at radius 3 is 2.62 bits per heavy atom. The molecule has 2 aromatic rings. The van der Waals surface area contributed by atoms with E-state index in [0.717, 1.165) is 43.2 Å². The zero-order valence-electron chi connectivity index (χ0n) is 21.6. The van der Waals surface area contributed by atoms with Crippen LogP contribution >= 0.6 is 12.2 Å². The highest BCUT2D eigenvalue weighted by Gasteiger charge is 2.27. The van der Waals surface area contributed by atoms with Gasteiger partial charge < -0.3 is 35.2 Å². The van der Waals surface area contributed by atoms with Crippen molar-refractivity contribution in [3.05, 3.63) is 59.4 Å². The predicted molar refractivity (Wildman–Crippen MR) is 148 cm³/mol. The van der Waals surface area contributed by atoms with Crippen LogP contribution in [0.5, 0.6) is 0 Å². The van der Waals surface area contributed by atoms with Crippen LogP contribution in [-0.4, -0.2) is 64.3 Å². The largest absolute Gasteiger partial charge is 0.468 e. The van der Waals surface area contributed by atoms with Gasteiger partial charge in [-0.05, 0) is 85.6 Å². The van der Waals surface area contributed by atoms with Crippen LogP contribution in [0.2, 0.25) is 0 Å². The Hall–Kier alpha value is -3.28. The number of anilines is 2. The third-order valence-electron chi connectivity index (χ3n) is 7.02. The monoisotopic (exact) mass is 559 g/mol.